The molecule has 6 nitrogen and oxygen atoms in total. The Kier molecular flexibility index (Phi) is 4.02. The molecule has 0 saturated heterocycles. The summed E-state index contributed by atoms with van der Waals surface area (Å²) in [4.78, 5) is 14.3. The lowest BCUT2D eigenvalue weighted by Gasteiger charge is -2.20. The maximum Gasteiger partial charge on any atom is 0.409 e. The van der Waals surface area contributed by atoms with Crippen molar-refractivity contribution in [2.24, 2.45) is 0 Å². The van der Waals surface area contributed by atoms with Crippen LogP contribution >= 0.6 is 11.6 Å². The molecule has 25 heavy (non-hydrogen) atoms. The highest BCUT2D eigenvalue weighted by atomic mass is 35.5. The van der Waals surface area contributed by atoms with Crippen LogP contribution in [-0.4, -0.2) is 31.7 Å². The first-order valence-electron chi connectivity index (χ1n) is 9.27. The third-order valence-electron chi connectivity index (χ3n) is 4.06. The number of methoxy groups -OCH3 is 1. The number of carbonyl (C=O) groups excluding carboxylic acids is 1. The highest BCUT2D eigenvalue weighted by molar-refractivity contribution is 6.54. The monoisotopic (exact) mass is 362 g/mol. The van der Waals surface area contributed by atoms with Crippen LogP contribution in [0.4, 0.5) is 21.9 Å². The van der Waals surface area contributed by atoms with E-state index in [1.54, 1.807) is 19.0 Å². The molecule has 0 bridgehead atoms. The molecule has 1 aliphatic heterocycles. The van der Waals surface area contributed by atoms with Crippen LogP contribution in [0.25, 0.3) is 0 Å². The number of amides is 2. The van der Waals surface area contributed by atoms with Crippen molar-refractivity contribution in [2.75, 3.05) is 29.0 Å². The topological polar surface area (TPSA) is 73.8 Å². The van der Waals surface area contributed by atoms with E-state index in [1.807, 2.05) is 10.9 Å². The van der Waals surface area contributed by atoms with E-state index in [0.29, 0.717) is 23.7 Å². The number of rotatable bonds is 4. The molecule has 8 heteroatoms. The minimum Gasteiger partial charge on any atom is -0.495 e. The second-order valence-electron chi connectivity index (χ2n) is 5.70. The molecule has 0 aliphatic carbocycles. The quantitative estimate of drug-likeness (QED) is 0.728. The van der Waals surface area contributed by atoms with Gasteiger partial charge in [-0.1, -0.05) is 17.7 Å². The van der Waals surface area contributed by atoms with Crippen LogP contribution in [0.5, 0.6) is 5.75 Å². The zero-order chi connectivity index (χ0) is 20.5. The molecule has 130 valence electrons. The highest BCUT2D eigenvalue weighted by Gasteiger charge is 2.27. The summed E-state index contributed by atoms with van der Waals surface area (Å²) in [6.07, 6.45) is 0.682. The van der Waals surface area contributed by atoms with Gasteiger partial charge in [-0.05, 0) is 49.1 Å². The molecule has 3 rings (SSSR count). The lowest BCUT2D eigenvalue weighted by Crippen LogP contribution is -2.35. The van der Waals surface area contributed by atoms with E-state index in [4.69, 9.17) is 20.5 Å². The highest BCUT2D eigenvalue weighted by Crippen LogP contribution is 2.34. The molecule has 0 fully saturated rings. The molecule has 0 aromatic heterocycles. The van der Waals surface area contributed by atoms with Crippen LogP contribution in [0, 0.1) is 0 Å². The van der Waals surface area contributed by atoms with Gasteiger partial charge in [0.25, 0.3) is 0 Å². The first-order chi connectivity index (χ1) is 13.1. The summed E-state index contributed by atoms with van der Waals surface area (Å²) in [7, 11) is -3.29. The first-order valence-corrected chi connectivity index (χ1v) is 8.15. The number of ether oxygens (including phenoxy) is 1. The molecule has 0 saturated carbocycles. The molecular formula is C17H19BClN3O3. The van der Waals surface area contributed by atoms with E-state index < -0.39 is 20.1 Å². The fourth-order valence-electron chi connectivity index (χ4n) is 2.93. The Bertz CT molecular complexity index is 896. The van der Waals surface area contributed by atoms with Crippen molar-refractivity contribution in [2.45, 2.75) is 13.2 Å². The predicted molar refractivity (Wildman–Crippen MR) is 102 cm³/mol. The van der Waals surface area contributed by atoms with Gasteiger partial charge in [-0.15, -0.1) is 0 Å². The van der Waals surface area contributed by atoms with Crippen molar-refractivity contribution in [3.63, 3.8) is 0 Å². The summed E-state index contributed by atoms with van der Waals surface area (Å²) >= 11 is 5.96. The van der Waals surface area contributed by atoms with Gasteiger partial charge in [0, 0.05) is 22.9 Å². The van der Waals surface area contributed by atoms with Crippen molar-refractivity contribution >= 4 is 41.7 Å². The van der Waals surface area contributed by atoms with Crippen LogP contribution in [0.3, 0.4) is 0 Å². The predicted octanol–water partition coefficient (Wildman–Crippen LogP) is 3.47. The van der Waals surface area contributed by atoms with E-state index in [1.165, 1.54) is 18.2 Å². The van der Waals surface area contributed by atoms with Crippen LogP contribution in [-0.2, 0) is 6.42 Å². The maximum atomic E-state index is 12.5. The van der Waals surface area contributed by atoms with Gasteiger partial charge < -0.3 is 25.2 Å². The molecular weight excluding hydrogens is 340 g/mol. The zero-order valence-corrected chi connectivity index (χ0v) is 14.3. The number of fused-ring (bicyclic) bond motifs is 1. The Labute approximate surface area is 156 Å². The van der Waals surface area contributed by atoms with Gasteiger partial charge in [0.1, 0.15) is 5.75 Å². The maximum absolute atomic E-state index is 12.5. The van der Waals surface area contributed by atoms with Gasteiger partial charge in [-0.25, -0.2) is 4.79 Å². The summed E-state index contributed by atoms with van der Waals surface area (Å²) in [5, 5.41) is 15.5. The number of hydrogen-bond donors (Lipinski definition) is 3. The van der Waals surface area contributed by atoms with E-state index >= 15 is 0 Å². The molecule has 2 aromatic rings. The Morgan fingerprint density at radius 1 is 1.36 bits per heavy atom. The van der Waals surface area contributed by atoms with Gasteiger partial charge in [0.05, 0.1) is 16.8 Å². The summed E-state index contributed by atoms with van der Waals surface area (Å²) in [5.74, 6) is -0.0156. The van der Waals surface area contributed by atoms with Crippen LogP contribution < -0.4 is 20.2 Å². The third kappa shape index (κ3) is 3.67. The Morgan fingerprint density at radius 2 is 2.16 bits per heavy atom. The van der Waals surface area contributed by atoms with E-state index in [0.717, 1.165) is 11.3 Å². The number of nitrogens with one attached hydrogen (secondary N) is 2. The lowest BCUT2D eigenvalue weighted by atomic mass is 9.85. The SMILES string of the molecule is [2H]C([2H])([2H])Oc1ccc(Cl)cc1NC(=O)Nc1cccc2c1CCN2B(C)O. The number of hydrogen-bond acceptors (Lipinski definition) is 4. The fourth-order valence-corrected chi connectivity index (χ4v) is 3.10. The fraction of sp³-hybridized carbons (Fsp3) is 0.235. The number of halogens is 1. The number of anilines is 3. The molecule has 2 amide bonds. The van der Waals surface area contributed by atoms with Crippen LogP contribution in [0.15, 0.2) is 36.4 Å². The average molecular weight is 363 g/mol. The molecule has 1 heterocycles. The Morgan fingerprint density at radius 3 is 2.92 bits per heavy atom. The van der Waals surface area contributed by atoms with Crippen LogP contribution in [0.1, 0.15) is 9.68 Å². The van der Waals surface area contributed by atoms with E-state index in [-0.39, 0.29) is 11.4 Å². The second-order valence-corrected chi connectivity index (χ2v) is 6.14. The normalized spacial score (nSPS) is 14.8. The van der Waals surface area contributed by atoms with Gasteiger partial charge >= 0.3 is 13.1 Å². The van der Waals surface area contributed by atoms with Crippen molar-refractivity contribution in [1.82, 2.24) is 0 Å². The minimum absolute atomic E-state index is 0.0156. The van der Waals surface area contributed by atoms with Crippen molar-refractivity contribution in [1.29, 1.82) is 0 Å². The largest absolute Gasteiger partial charge is 0.495 e. The van der Waals surface area contributed by atoms with Gasteiger partial charge in [0.15, 0.2) is 0 Å². The van der Waals surface area contributed by atoms with E-state index in [2.05, 4.69) is 10.6 Å². The standard InChI is InChI=1S/C17H19BClN3O3/c1-18(24)22-9-8-12-13(4-3-5-15(12)22)20-17(23)21-14-10-11(19)6-7-16(14)25-2/h3-7,10,24H,8-9H2,1-2H3,(H2,20,21,23)/i2D3. The second kappa shape index (κ2) is 7.25. The smallest absolute Gasteiger partial charge is 0.409 e. The van der Waals surface area contributed by atoms with Crippen molar-refractivity contribution < 1.29 is 18.7 Å². The number of carbonyl (C=O) groups is 1. The first kappa shape index (κ1) is 13.9. The summed E-state index contributed by atoms with van der Waals surface area (Å²) in [6.45, 7) is 2.34. The molecule has 1 aliphatic rings. The molecule has 2 aromatic carbocycles. The van der Waals surface area contributed by atoms with Gasteiger partial charge in [0.2, 0.25) is 0 Å². The van der Waals surface area contributed by atoms with Gasteiger partial charge in [-0.3, -0.25) is 0 Å². The van der Waals surface area contributed by atoms with Crippen molar-refractivity contribution in [3.05, 3.63) is 47.0 Å². The number of benzene rings is 2. The molecule has 0 atom stereocenters. The Balaban J connectivity index is 1.79. The third-order valence-corrected chi connectivity index (χ3v) is 4.30. The zero-order valence-electron chi connectivity index (χ0n) is 16.5. The van der Waals surface area contributed by atoms with E-state index in [9.17, 15) is 9.82 Å². The van der Waals surface area contributed by atoms with Crippen molar-refractivity contribution in [3.8, 4) is 5.75 Å². The number of urea groups is 1. The molecule has 3 N–H and O–H groups in total. The Hall–Kier alpha value is -2.38. The van der Waals surface area contributed by atoms with Gasteiger partial charge in [-0.2, -0.15) is 0 Å². The average Bonchev–Trinajstić information content (AvgIpc) is 3.01. The number of nitrogens with zero attached hydrogens (tertiary/aromatic N) is 1. The summed E-state index contributed by atoms with van der Waals surface area (Å²) < 4.78 is 26.6. The summed E-state index contributed by atoms with van der Waals surface area (Å²) in [5.41, 5.74) is 2.53. The minimum atomic E-state index is -2.66. The molecule has 0 radical (unpaired) electrons. The van der Waals surface area contributed by atoms with Crippen LogP contribution in [0.2, 0.25) is 11.8 Å². The molecule has 0 spiro atoms. The lowest BCUT2D eigenvalue weighted by molar-refractivity contribution is 0.262. The summed E-state index contributed by atoms with van der Waals surface area (Å²) in [6, 6.07) is 9.14. The molecule has 0 unspecified atom stereocenters.